The Hall–Kier alpha value is -0.830. The van der Waals surface area contributed by atoms with Gasteiger partial charge in [0.1, 0.15) is 6.10 Å². The quantitative estimate of drug-likeness (QED) is 0.314. The Balaban J connectivity index is 5.23. The Bertz CT molecular complexity index is 518. The Labute approximate surface area is 175 Å². The molecule has 6 atom stereocenters. The molecule has 0 aromatic carbocycles. The summed E-state index contributed by atoms with van der Waals surface area (Å²) in [6, 6.07) is 0. The maximum absolute atomic E-state index is 12.6. The number of esters is 1. The third-order valence-electron chi connectivity index (χ3n) is 7.39. The Kier molecular flexibility index (Phi) is 11.0. The minimum Gasteiger partial charge on any atom is -0.458 e. The van der Waals surface area contributed by atoms with E-state index < -0.39 is 6.10 Å². The van der Waals surface area contributed by atoms with Crippen molar-refractivity contribution in [1.29, 1.82) is 0 Å². The van der Waals surface area contributed by atoms with Gasteiger partial charge in [-0.3, -0.25) is 4.79 Å². The van der Waals surface area contributed by atoms with Crippen LogP contribution in [0.2, 0.25) is 0 Å². The van der Waals surface area contributed by atoms with Crippen LogP contribution in [0.5, 0.6) is 0 Å². The summed E-state index contributed by atoms with van der Waals surface area (Å²) in [5.74, 6) is 1.09. The molecule has 0 rings (SSSR count). The molecule has 0 aromatic heterocycles. The number of rotatable bonds is 11. The molecule has 1 N–H and O–H groups in total. The van der Waals surface area contributed by atoms with Gasteiger partial charge in [0.05, 0.1) is 12.0 Å². The molecule has 3 heteroatoms. The van der Waals surface area contributed by atoms with E-state index in [1.165, 1.54) is 0 Å². The van der Waals surface area contributed by atoms with E-state index in [0.29, 0.717) is 17.8 Å². The topological polar surface area (TPSA) is 46.5 Å². The first kappa shape index (κ1) is 27.2. The van der Waals surface area contributed by atoms with E-state index in [4.69, 9.17) is 4.74 Å². The summed E-state index contributed by atoms with van der Waals surface area (Å²) in [6.45, 7) is 25.2. The Morgan fingerprint density at radius 1 is 0.929 bits per heavy atom. The molecule has 0 aliphatic heterocycles. The lowest BCUT2D eigenvalue weighted by molar-refractivity contribution is -0.152. The maximum atomic E-state index is 12.6. The van der Waals surface area contributed by atoms with E-state index in [9.17, 15) is 9.90 Å². The molecule has 28 heavy (non-hydrogen) atoms. The minimum atomic E-state index is -0.440. The highest BCUT2D eigenvalue weighted by atomic mass is 16.5. The number of aliphatic hydroxyl groups excluding tert-OH is 1. The Morgan fingerprint density at radius 2 is 1.43 bits per heavy atom. The monoisotopic (exact) mass is 396 g/mol. The molecule has 0 bridgehead atoms. The predicted octanol–water partition coefficient (Wildman–Crippen LogP) is 6.64. The number of aliphatic hydroxyl groups is 1. The number of ether oxygens (including phenoxy) is 1. The zero-order valence-corrected chi connectivity index (χ0v) is 20.7. The molecule has 0 heterocycles. The van der Waals surface area contributed by atoms with E-state index >= 15 is 0 Å². The van der Waals surface area contributed by atoms with Gasteiger partial charge in [0.25, 0.3) is 0 Å². The highest BCUT2D eigenvalue weighted by Crippen LogP contribution is 2.38. The van der Waals surface area contributed by atoms with Crippen molar-refractivity contribution < 1.29 is 14.6 Å². The van der Waals surface area contributed by atoms with Gasteiger partial charge in [-0.1, -0.05) is 74.3 Å². The van der Waals surface area contributed by atoms with Crippen molar-refractivity contribution in [3.63, 3.8) is 0 Å². The lowest BCUT2D eigenvalue weighted by Crippen LogP contribution is -2.40. The molecule has 0 aliphatic rings. The summed E-state index contributed by atoms with van der Waals surface area (Å²) in [4.78, 5) is 12.6. The largest absolute Gasteiger partial charge is 0.458 e. The van der Waals surface area contributed by atoms with E-state index in [-0.39, 0.29) is 29.3 Å². The van der Waals surface area contributed by atoms with Crippen LogP contribution in [0.3, 0.4) is 0 Å². The number of hydrogen-bond acceptors (Lipinski definition) is 3. The van der Waals surface area contributed by atoms with Crippen LogP contribution in [0, 0.1) is 35.0 Å². The second-order valence-corrected chi connectivity index (χ2v) is 10.2. The molecule has 0 fully saturated rings. The summed E-state index contributed by atoms with van der Waals surface area (Å²) in [7, 11) is 0. The van der Waals surface area contributed by atoms with Crippen molar-refractivity contribution in [1.82, 2.24) is 0 Å². The molecule has 3 nitrogen and oxygen atoms in total. The molecular weight excluding hydrogens is 348 g/mol. The fourth-order valence-electron chi connectivity index (χ4n) is 3.93. The predicted molar refractivity (Wildman–Crippen MR) is 120 cm³/mol. The van der Waals surface area contributed by atoms with Gasteiger partial charge in [-0.05, 0) is 55.9 Å². The van der Waals surface area contributed by atoms with Crippen molar-refractivity contribution in [2.24, 2.45) is 35.0 Å². The van der Waals surface area contributed by atoms with Gasteiger partial charge >= 0.3 is 5.97 Å². The van der Waals surface area contributed by atoms with Crippen LogP contribution in [0.25, 0.3) is 0 Å². The molecule has 0 saturated heterocycles. The highest BCUT2D eigenvalue weighted by Gasteiger charge is 2.37. The van der Waals surface area contributed by atoms with Crippen LogP contribution in [0.15, 0.2) is 11.1 Å². The van der Waals surface area contributed by atoms with E-state index in [2.05, 4.69) is 62.3 Å². The van der Waals surface area contributed by atoms with Crippen molar-refractivity contribution in [2.75, 3.05) is 0 Å². The SMILES string of the molecule is CC[C@H](C)C(C)(C)[C@@H](O)[C@@H](C)/C(C)=C(\C)C(C)OC(=O)C(C)[C@@H](C)CC(C)C. The zero-order chi connectivity index (χ0) is 22.4. The summed E-state index contributed by atoms with van der Waals surface area (Å²) >= 11 is 0. The lowest BCUT2D eigenvalue weighted by Gasteiger charge is -2.40. The van der Waals surface area contributed by atoms with Crippen molar-refractivity contribution in [3.8, 4) is 0 Å². The lowest BCUT2D eigenvalue weighted by atomic mass is 9.69. The maximum Gasteiger partial charge on any atom is 0.309 e. The molecule has 0 spiro atoms. The molecule has 0 aromatic rings. The number of hydrogen-bond donors (Lipinski definition) is 1. The normalized spacial score (nSPS) is 20.1. The van der Waals surface area contributed by atoms with Gasteiger partial charge in [0.2, 0.25) is 0 Å². The standard InChI is InChI=1S/C25H48O3/c1-13-17(5)25(11,12)23(26)21(9)19(7)20(8)22(10)28-24(27)18(6)16(4)14-15(2)3/h15-18,21-23,26H,13-14H2,1-12H3/b20-19+/t16-,17-,18?,21-,22?,23-/m0/s1. The molecule has 166 valence electrons. The molecule has 2 unspecified atom stereocenters. The van der Waals surface area contributed by atoms with Crippen molar-refractivity contribution >= 4 is 5.97 Å². The smallest absolute Gasteiger partial charge is 0.309 e. The number of carbonyl (C=O) groups is 1. The fraction of sp³-hybridized carbons (Fsp3) is 0.880. The van der Waals surface area contributed by atoms with Gasteiger partial charge in [0.15, 0.2) is 0 Å². The molecule has 0 amide bonds. The summed E-state index contributed by atoms with van der Waals surface area (Å²) in [5.41, 5.74) is 1.99. The van der Waals surface area contributed by atoms with Gasteiger partial charge in [-0.2, -0.15) is 0 Å². The fourth-order valence-corrected chi connectivity index (χ4v) is 3.93. The molecule has 0 aliphatic carbocycles. The zero-order valence-electron chi connectivity index (χ0n) is 20.7. The minimum absolute atomic E-state index is 0.0161. The van der Waals surface area contributed by atoms with Gasteiger partial charge in [-0.25, -0.2) is 0 Å². The van der Waals surface area contributed by atoms with Crippen molar-refractivity contribution in [2.45, 2.75) is 108 Å². The third-order valence-corrected chi connectivity index (χ3v) is 7.39. The molecule has 0 radical (unpaired) electrons. The second kappa shape index (κ2) is 11.4. The van der Waals surface area contributed by atoms with Gasteiger partial charge < -0.3 is 9.84 Å². The average Bonchev–Trinajstić information content (AvgIpc) is 2.62. The van der Waals surface area contributed by atoms with Gasteiger partial charge in [-0.15, -0.1) is 0 Å². The Morgan fingerprint density at radius 3 is 1.86 bits per heavy atom. The summed E-state index contributed by atoms with van der Waals surface area (Å²) in [6.07, 6.45) is 1.35. The van der Waals surface area contributed by atoms with Crippen molar-refractivity contribution in [3.05, 3.63) is 11.1 Å². The number of carbonyl (C=O) groups excluding carboxylic acids is 1. The van der Waals surface area contributed by atoms with Crippen LogP contribution >= 0.6 is 0 Å². The summed E-state index contributed by atoms with van der Waals surface area (Å²) < 4.78 is 5.80. The average molecular weight is 397 g/mol. The first-order valence-corrected chi connectivity index (χ1v) is 11.2. The van der Waals surface area contributed by atoms with Crippen LogP contribution < -0.4 is 0 Å². The first-order chi connectivity index (χ1) is 12.7. The first-order valence-electron chi connectivity index (χ1n) is 11.2. The van der Waals surface area contributed by atoms with Crippen LogP contribution in [-0.4, -0.2) is 23.3 Å². The molecule has 0 saturated carbocycles. The summed E-state index contributed by atoms with van der Waals surface area (Å²) in [5, 5.41) is 11.0. The van der Waals surface area contributed by atoms with Crippen LogP contribution in [0.4, 0.5) is 0 Å². The molecular formula is C25H48O3. The van der Waals surface area contributed by atoms with Gasteiger partial charge in [0, 0.05) is 5.92 Å². The van der Waals surface area contributed by atoms with E-state index in [1.54, 1.807) is 0 Å². The van der Waals surface area contributed by atoms with E-state index in [1.807, 2.05) is 20.8 Å². The highest BCUT2D eigenvalue weighted by molar-refractivity contribution is 5.72. The van der Waals surface area contributed by atoms with Crippen LogP contribution in [0.1, 0.15) is 95.9 Å². The van der Waals surface area contributed by atoms with E-state index in [0.717, 1.165) is 24.0 Å². The second-order valence-electron chi connectivity index (χ2n) is 10.2. The third kappa shape index (κ3) is 7.21. The van der Waals surface area contributed by atoms with Crippen LogP contribution in [-0.2, 0) is 9.53 Å².